The van der Waals surface area contributed by atoms with E-state index in [9.17, 15) is 14.0 Å². The molecule has 3 rings (SSSR count). The van der Waals surface area contributed by atoms with E-state index in [2.05, 4.69) is 10.3 Å². The number of halogens is 1. The molecule has 3 aromatic rings. The largest absolute Gasteiger partial charge is 0.332 e. The fourth-order valence-electron chi connectivity index (χ4n) is 2.32. The topological polar surface area (TPSA) is 59.1 Å². The van der Waals surface area contributed by atoms with Crippen LogP contribution < -0.4 is 5.32 Å². The summed E-state index contributed by atoms with van der Waals surface area (Å²) in [6.07, 6.45) is 2.31. The summed E-state index contributed by atoms with van der Waals surface area (Å²) < 4.78 is 13.8. The fraction of sp³-hybridized carbons (Fsp3) is 0.105. The molecule has 0 saturated heterocycles. The highest BCUT2D eigenvalue weighted by Crippen LogP contribution is 2.26. The lowest BCUT2D eigenvalue weighted by atomic mass is 10.0. The molecule has 0 bridgehead atoms. The van der Waals surface area contributed by atoms with Gasteiger partial charge < -0.3 is 10.1 Å². The lowest BCUT2D eigenvalue weighted by Gasteiger charge is -2.07. The summed E-state index contributed by atoms with van der Waals surface area (Å²) in [5.41, 5.74) is 1.68. The summed E-state index contributed by atoms with van der Waals surface area (Å²) in [5, 5.41) is 3.63. The monoisotopic (exact) mass is 354 g/mol. The number of benzene rings is 2. The van der Waals surface area contributed by atoms with Gasteiger partial charge in [-0.3, -0.25) is 4.79 Å². The maximum absolute atomic E-state index is 13.8. The predicted molar refractivity (Wildman–Crippen MR) is 96.2 cm³/mol. The van der Waals surface area contributed by atoms with E-state index in [1.165, 1.54) is 18.3 Å². The molecule has 2 aromatic carbocycles. The number of rotatable bonds is 6. The van der Waals surface area contributed by atoms with Gasteiger partial charge in [0, 0.05) is 11.6 Å². The Balaban J connectivity index is 1.79. The maximum Gasteiger partial charge on any atom is 0.207 e. The third kappa shape index (κ3) is 3.80. The number of anilines is 2. The van der Waals surface area contributed by atoms with Crippen molar-refractivity contribution in [2.75, 3.05) is 5.32 Å². The van der Waals surface area contributed by atoms with E-state index < -0.39 is 11.6 Å². The van der Waals surface area contributed by atoms with Gasteiger partial charge >= 0.3 is 0 Å². The molecular formula is C19H15FN2O2S. The second kappa shape index (κ2) is 7.36. The van der Waals surface area contributed by atoms with Crippen LogP contribution in [-0.2, 0) is 4.79 Å². The average molecular weight is 354 g/mol. The summed E-state index contributed by atoms with van der Waals surface area (Å²) in [4.78, 5) is 27.8. The molecule has 1 atom stereocenters. The first-order valence-electron chi connectivity index (χ1n) is 7.66. The fourth-order valence-corrected chi connectivity index (χ4v) is 3.11. The van der Waals surface area contributed by atoms with Crippen LogP contribution in [0, 0.1) is 5.82 Å². The second-order valence-corrected chi connectivity index (χ2v) is 6.54. The summed E-state index contributed by atoms with van der Waals surface area (Å²) >= 11 is 1.15. The Morgan fingerprint density at radius 3 is 2.80 bits per heavy atom. The molecule has 1 heterocycles. The zero-order valence-electron chi connectivity index (χ0n) is 13.4. The average Bonchev–Trinajstić information content (AvgIpc) is 3.09. The summed E-state index contributed by atoms with van der Waals surface area (Å²) in [7, 11) is 0. The summed E-state index contributed by atoms with van der Waals surface area (Å²) in [5.74, 6) is -1.14. The minimum atomic E-state index is -0.550. The van der Waals surface area contributed by atoms with Crippen molar-refractivity contribution in [3.05, 3.63) is 76.5 Å². The molecule has 1 aromatic heterocycles. The smallest absolute Gasteiger partial charge is 0.207 e. The Bertz CT molecular complexity index is 923. The molecular weight excluding hydrogens is 339 g/mol. The molecule has 1 N–H and O–H groups in total. The third-order valence-electron chi connectivity index (χ3n) is 3.72. The molecule has 0 spiro atoms. The molecule has 0 aliphatic heterocycles. The Kier molecular flexibility index (Phi) is 5.00. The standard InChI is InChI=1S/C19H15FN2O2S/c1-12(11-23)13-5-4-6-14(9-13)22-19-21-10-17(25-19)18(24)15-7-2-3-8-16(15)20/h2-12H,1H3,(H,21,22). The van der Waals surface area contributed by atoms with E-state index >= 15 is 0 Å². The zero-order valence-corrected chi connectivity index (χ0v) is 14.2. The molecule has 4 nitrogen and oxygen atoms in total. The molecule has 1 unspecified atom stereocenters. The van der Waals surface area contributed by atoms with E-state index in [1.807, 2.05) is 31.2 Å². The normalized spacial score (nSPS) is 11.8. The predicted octanol–water partition coefficient (Wildman–Crippen LogP) is 4.56. The number of nitrogens with one attached hydrogen (secondary N) is 1. The minimum Gasteiger partial charge on any atom is -0.332 e. The van der Waals surface area contributed by atoms with Crippen LogP contribution in [0.3, 0.4) is 0 Å². The quantitative estimate of drug-likeness (QED) is 0.521. The van der Waals surface area contributed by atoms with Crippen LogP contribution in [0.15, 0.2) is 54.7 Å². The molecule has 0 saturated carbocycles. The summed E-state index contributed by atoms with van der Waals surface area (Å²) in [6.45, 7) is 1.82. The van der Waals surface area contributed by atoms with Gasteiger partial charge in [-0.25, -0.2) is 9.37 Å². The van der Waals surface area contributed by atoms with Crippen LogP contribution in [0.2, 0.25) is 0 Å². The first-order valence-corrected chi connectivity index (χ1v) is 8.47. The molecule has 25 heavy (non-hydrogen) atoms. The third-order valence-corrected chi connectivity index (χ3v) is 4.63. The van der Waals surface area contributed by atoms with Gasteiger partial charge in [0.15, 0.2) is 5.13 Å². The number of carbonyl (C=O) groups is 2. The molecule has 0 amide bonds. The van der Waals surface area contributed by atoms with Gasteiger partial charge in [-0.2, -0.15) is 0 Å². The Morgan fingerprint density at radius 2 is 2.04 bits per heavy atom. The van der Waals surface area contributed by atoms with Crippen LogP contribution in [0.5, 0.6) is 0 Å². The first kappa shape index (κ1) is 17.0. The molecule has 0 aliphatic carbocycles. The van der Waals surface area contributed by atoms with Gasteiger partial charge in [0.05, 0.1) is 16.6 Å². The number of aromatic nitrogens is 1. The molecule has 0 fully saturated rings. The Morgan fingerprint density at radius 1 is 1.24 bits per heavy atom. The van der Waals surface area contributed by atoms with Crippen molar-refractivity contribution in [1.29, 1.82) is 0 Å². The molecule has 0 aliphatic rings. The second-order valence-electron chi connectivity index (χ2n) is 5.51. The van der Waals surface area contributed by atoms with Crippen LogP contribution in [0.4, 0.5) is 15.2 Å². The number of hydrogen-bond acceptors (Lipinski definition) is 5. The van der Waals surface area contributed by atoms with Gasteiger partial charge in [0.1, 0.15) is 12.1 Å². The van der Waals surface area contributed by atoms with Crippen LogP contribution in [-0.4, -0.2) is 17.1 Å². The van der Waals surface area contributed by atoms with Crippen LogP contribution in [0.25, 0.3) is 0 Å². The maximum atomic E-state index is 13.8. The van der Waals surface area contributed by atoms with E-state index in [4.69, 9.17) is 0 Å². The van der Waals surface area contributed by atoms with Crippen molar-refractivity contribution in [3.63, 3.8) is 0 Å². The van der Waals surface area contributed by atoms with E-state index in [0.717, 1.165) is 28.9 Å². The highest BCUT2D eigenvalue weighted by molar-refractivity contribution is 7.17. The van der Waals surface area contributed by atoms with Crippen molar-refractivity contribution >= 4 is 34.2 Å². The lowest BCUT2D eigenvalue weighted by molar-refractivity contribution is -0.108. The first-order chi connectivity index (χ1) is 12.1. The lowest BCUT2D eigenvalue weighted by Crippen LogP contribution is -2.01. The minimum absolute atomic E-state index is 0.0273. The number of thiazole rings is 1. The zero-order chi connectivity index (χ0) is 17.8. The molecule has 0 radical (unpaired) electrons. The van der Waals surface area contributed by atoms with Gasteiger partial charge in [0.25, 0.3) is 0 Å². The highest BCUT2D eigenvalue weighted by atomic mass is 32.1. The van der Waals surface area contributed by atoms with Crippen molar-refractivity contribution in [3.8, 4) is 0 Å². The summed E-state index contributed by atoms with van der Waals surface area (Å²) in [6, 6.07) is 13.3. The number of ketones is 1. The van der Waals surface area contributed by atoms with E-state index in [-0.39, 0.29) is 11.5 Å². The number of carbonyl (C=O) groups excluding carboxylic acids is 2. The van der Waals surface area contributed by atoms with Crippen molar-refractivity contribution in [2.24, 2.45) is 0 Å². The molecule has 126 valence electrons. The van der Waals surface area contributed by atoms with Crippen molar-refractivity contribution < 1.29 is 14.0 Å². The van der Waals surface area contributed by atoms with Gasteiger partial charge in [-0.15, -0.1) is 0 Å². The Hall–Kier alpha value is -2.86. The van der Waals surface area contributed by atoms with E-state index in [0.29, 0.717) is 10.0 Å². The van der Waals surface area contributed by atoms with Crippen LogP contribution >= 0.6 is 11.3 Å². The van der Waals surface area contributed by atoms with Gasteiger partial charge in [-0.1, -0.05) is 42.5 Å². The SMILES string of the molecule is CC(C=O)c1cccc(Nc2ncc(C(=O)c3ccccc3F)s2)c1. The number of nitrogens with zero attached hydrogens (tertiary/aromatic N) is 1. The Labute approximate surface area is 148 Å². The number of aldehydes is 1. The van der Waals surface area contributed by atoms with Crippen LogP contribution in [0.1, 0.15) is 33.6 Å². The van der Waals surface area contributed by atoms with Crippen molar-refractivity contribution in [2.45, 2.75) is 12.8 Å². The van der Waals surface area contributed by atoms with E-state index in [1.54, 1.807) is 12.1 Å². The highest BCUT2D eigenvalue weighted by Gasteiger charge is 2.16. The van der Waals surface area contributed by atoms with Gasteiger partial charge in [0.2, 0.25) is 5.78 Å². The van der Waals surface area contributed by atoms with Gasteiger partial charge in [-0.05, 0) is 29.8 Å². The van der Waals surface area contributed by atoms with Crippen molar-refractivity contribution in [1.82, 2.24) is 4.98 Å². The molecule has 6 heteroatoms. The number of hydrogen-bond donors (Lipinski definition) is 1.